The smallest absolute Gasteiger partial charge is 0.322 e. The first-order valence-electron chi connectivity index (χ1n) is 6.38. The third kappa shape index (κ3) is 7.05. The highest BCUT2D eigenvalue weighted by molar-refractivity contribution is 5.91. The van der Waals surface area contributed by atoms with Crippen LogP contribution in [0.5, 0.6) is 0 Å². The van der Waals surface area contributed by atoms with Crippen LogP contribution in [-0.4, -0.2) is 52.7 Å². The summed E-state index contributed by atoms with van der Waals surface area (Å²) < 4.78 is 0. The molecule has 20 heavy (non-hydrogen) atoms. The predicted molar refractivity (Wildman–Crippen MR) is 71.7 cm³/mol. The highest BCUT2D eigenvalue weighted by atomic mass is 16.4. The second kappa shape index (κ2) is 8.49. The molecule has 0 saturated heterocycles. The quantitative estimate of drug-likeness (QED) is 0.365. The number of carbonyl (C=O) groups is 3. The van der Waals surface area contributed by atoms with Crippen LogP contribution in [0.3, 0.4) is 0 Å². The fourth-order valence-corrected chi connectivity index (χ4v) is 1.48. The Bertz CT molecular complexity index is 357. The second-order valence-corrected chi connectivity index (χ2v) is 5.07. The van der Waals surface area contributed by atoms with Crippen LogP contribution < -0.4 is 16.4 Å². The van der Waals surface area contributed by atoms with Crippen LogP contribution in [0.25, 0.3) is 0 Å². The first-order chi connectivity index (χ1) is 9.15. The lowest BCUT2D eigenvalue weighted by molar-refractivity contribution is -0.138. The summed E-state index contributed by atoms with van der Waals surface area (Å²) in [6.45, 7) is 4.56. The monoisotopic (exact) mass is 289 g/mol. The molecule has 0 heterocycles. The Morgan fingerprint density at radius 1 is 1.15 bits per heavy atom. The van der Waals surface area contributed by atoms with Crippen LogP contribution in [0.1, 0.15) is 27.2 Å². The summed E-state index contributed by atoms with van der Waals surface area (Å²) in [5.74, 6) is -2.31. The van der Waals surface area contributed by atoms with Crippen molar-refractivity contribution < 1.29 is 24.6 Å². The van der Waals surface area contributed by atoms with E-state index < -0.39 is 42.5 Å². The van der Waals surface area contributed by atoms with Crippen LogP contribution >= 0.6 is 0 Å². The van der Waals surface area contributed by atoms with Gasteiger partial charge in [-0.2, -0.15) is 0 Å². The minimum atomic E-state index is -1.17. The normalized spacial score (nSPS) is 15.3. The van der Waals surface area contributed by atoms with E-state index in [0.29, 0.717) is 6.42 Å². The average molecular weight is 289 g/mol. The Balaban J connectivity index is 4.67. The average Bonchev–Trinajstić information content (AvgIpc) is 2.33. The van der Waals surface area contributed by atoms with Gasteiger partial charge in [-0.25, -0.2) is 0 Å². The van der Waals surface area contributed by atoms with E-state index in [2.05, 4.69) is 10.6 Å². The van der Waals surface area contributed by atoms with E-state index in [4.69, 9.17) is 10.8 Å². The number of hydrogen-bond donors (Lipinski definition) is 5. The molecule has 6 N–H and O–H groups in total. The molecule has 0 rings (SSSR count). The number of nitrogens with two attached hydrogens (primary N) is 1. The summed E-state index contributed by atoms with van der Waals surface area (Å²) in [4.78, 5) is 34.0. The third-order valence-corrected chi connectivity index (χ3v) is 2.58. The summed E-state index contributed by atoms with van der Waals surface area (Å²) in [6.07, 6.45) is -0.708. The number of rotatable bonds is 8. The van der Waals surface area contributed by atoms with Crippen molar-refractivity contribution in [2.45, 2.75) is 45.4 Å². The van der Waals surface area contributed by atoms with Gasteiger partial charge in [0.15, 0.2) is 0 Å². The highest BCUT2D eigenvalue weighted by Gasteiger charge is 2.26. The van der Waals surface area contributed by atoms with Crippen molar-refractivity contribution >= 4 is 17.8 Å². The van der Waals surface area contributed by atoms with Crippen molar-refractivity contribution in [2.24, 2.45) is 11.7 Å². The lowest BCUT2D eigenvalue weighted by Crippen LogP contribution is -2.55. The first-order valence-corrected chi connectivity index (χ1v) is 6.38. The zero-order valence-electron chi connectivity index (χ0n) is 11.9. The van der Waals surface area contributed by atoms with E-state index >= 15 is 0 Å². The first kappa shape index (κ1) is 18.3. The van der Waals surface area contributed by atoms with Crippen LogP contribution in [0, 0.1) is 5.92 Å². The van der Waals surface area contributed by atoms with Gasteiger partial charge in [-0.05, 0) is 19.3 Å². The van der Waals surface area contributed by atoms with E-state index in [-0.39, 0.29) is 5.92 Å². The van der Waals surface area contributed by atoms with Crippen molar-refractivity contribution in [1.82, 2.24) is 10.6 Å². The van der Waals surface area contributed by atoms with Gasteiger partial charge in [-0.15, -0.1) is 0 Å². The van der Waals surface area contributed by atoms with E-state index in [1.165, 1.54) is 6.92 Å². The molecule has 0 aromatic rings. The number of carboxylic acids is 1. The third-order valence-electron chi connectivity index (χ3n) is 2.58. The maximum atomic E-state index is 11.8. The van der Waals surface area contributed by atoms with Crippen molar-refractivity contribution in [3.63, 3.8) is 0 Å². The predicted octanol–water partition coefficient (Wildman–Crippen LogP) is -1.57. The Labute approximate surface area is 117 Å². The Kier molecular flexibility index (Phi) is 7.78. The number of carbonyl (C=O) groups excluding carboxylic acids is 2. The largest absolute Gasteiger partial charge is 0.480 e. The molecular formula is C12H23N3O5. The van der Waals surface area contributed by atoms with E-state index in [9.17, 15) is 19.5 Å². The molecule has 0 saturated carbocycles. The second-order valence-electron chi connectivity index (χ2n) is 5.07. The van der Waals surface area contributed by atoms with Crippen molar-refractivity contribution in [3.8, 4) is 0 Å². The molecule has 116 valence electrons. The van der Waals surface area contributed by atoms with Crippen LogP contribution in [0.4, 0.5) is 0 Å². The van der Waals surface area contributed by atoms with E-state index in [1.807, 2.05) is 13.8 Å². The van der Waals surface area contributed by atoms with Crippen molar-refractivity contribution in [2.75, 3.05) is 6.54 Å². The number of hydrogen-bond acceptors (Lipinski definition) is 5. The molecule has 0 bridgehead atoms. The van der Waals surface area contributed by atoms with Crippen LogP contribution in [-0.2, 0) is 14.4 Å². The fourth-order valence-electron chi connectivity index (χ4n) is 1.48. The fraction of sp³-hybridized carbons (Fsp3) is 0.750. The number of carboxylic acid groups (broad SMARTS) is 1. The number of amides is 2. The van der Waals surface area contributed by atoms with Gasteiger partial charge in [0.05, 0.1) is 6.10 Å². The zero-order chi connectivity index (χ0) is 15.9. The minimum Gasteiger partial charge on any atom is -0.480 e. The molecule has 8 heteroatoms. The van der Waals surface area contributed by atoms with Gasteiger partial charge in [0.25, 0.3) is 0 Å². The molecule has 0 fully saturated rings. The van der Waals surface area contributed by atoms with Gasteiger partial charge in [-0.1, -0.05) is 13.8 Å². The lowest BCUT2D eigenvalue weighted by atomic mass is 10.0. The SMILES string of the molecule is CC(C)C[C@H](NC(=O)[C@@H](N)[C@@H](C)O)C(=O)NCC(=O)O. The van der Waals surface area contributed by atoms with Gasteiger partial charge in [0.2, 0.25) is 11.8 Å². The van der Waals surface area contributed by atoms with Crippen LogP contribution in [0.15, 0.2) is 0 Å². The summed E-state index contributed by atoms with van der Waals surface area (Å²) in [5, 5.41) is 22.4. The Morgan fingerprint density at radius 3 is 2.10 bits per heavy atom. The number of aliphatic carboxylic acids is 1. The maximum absolute atomic E-state index is 11.8. The molecule has 8 nitrogen and oxygen atoms in total. The molecule has 0 radical (unpaired) electrons. The zero-order valence-corrected chi connectivity index (χ0v) is 11.9. The van der Waals surface area contributed by atoms with Gasteiger partial charge < -0.3 is 26.6 Å². The number of aliphatic hydroxyl groups excluding tert-OH is 1. The topological polar surface area (TPSA) is 142 Å². The molecule has 3 atom stereocenters. The number of aliphatic hydroxyl groups is 1. The summed E-state index contributed by atoms with van der Waals surface area (Å²) in [7, 11) is 0. The Hall–Kier alpha value is -1.67. The standard InChI is InChI=1S/C12H23N3O5/c1-6(2)4-8(11(19)14-5-9(17)18)15-12(20)10(13)7(3)16/h6-8,10,16H,4-5,13H2,1-3H3,(H,14,19)(H,15,20)(H,17,18)/t7-,8+,10+/m1/s1. The van der Waals surface area contributed by atoms with Gasteiger partial charge >= 0.3 is 5.97 Å². The molecule has 0 aromatic carbocycles. The van der Waals surface area contributed by atoms with Crippen molar-refractivity contribution in [1.29, 1.82) is 0 Å². The van der Waals surface area contributed by atoms with E-state index in [1.54, 1.807) is 0 Å². The summed E-state index contributed by atoms with van der Waals surface area (Å²) >= 11 is 0. The molecule has 0 aliphatic heterocycles. The summed E-state index contributed by atoms with van der Waals surface area (Å²) in [5.41, 5.74) is 5.47. The molecule has 0 unspecified atom stereocenters. The lowest BCUT2D eigenvalue weighted by Gasteiger charge is -2.22. The Morgan fingerprint density at radius 2 is 1.70 bits per heavy atom. The highest BCUT2D eigenvalue weighted by Crippen LogP contribution is 2.05. The van der Waals surface area contributed by atoms with Crippen molar-refractivity contribution in [3.05, 3.63) is 0 Å². The van der Waals surface area contributed by atoms with E-state index in [0.717, 1.165) is 0 Å². The molecule has 0 aliphatic carbocycles. The number of nitrogens with one attached hydrogen (secondary N) is 2. The summed E-state index contributed by atoms with van der Waals surface area (Å²) in [6, 6.07) is -2.02. The molecular weight excluding hydrogens is 266 g/mol. The molecule has 0 aliphatic rings. The molecule has 2 amide bonds. The van der Waals surface area contributed by atoms with Gasteiger partial charge in [0.1, 0.15) is 18.6 Å². The minimum absolute atomic E-state index is 0.110. The van der Waals surface area contributed by atoms with Gasteiger partial charge in [-0.3, -0.25) is 14.4 Å². The molecule has 0 spiro atoms. The van der Waals surface area contributed by atoms with Crippen LogP contribution in [0.2, 0.25) is 0 Å². The van der Waals surface area contributed by atoms with Gasteiger partial charge in [0, 0.05) is 0 Å². The molecule has 0 aromatic heterocycles. The maximum Gasteiger partial charge on any atom is 0.322 e.